The molecule has 21 heavy (non-hydrogen) atoms. The van der Waals surface area contributed by atoms with Crippen LogP contribution in [0.2, 0.25) is 5.02 Å². The molecule has 0 bridgehead atoms. The van der Waals surface area contributed by atoms with E-state index in [9.17, 15) is 4.79 Å². The highest BCUT2D eigenvalue weighted by Crippen LogP contribution is 2.27. The van der Waals surface area contributed by atoms with Gasteiger partial charge in [0.2, 0.25) is 0 Å². The van der Waals surface area contributed by atoms with Crippen molar-refractivity contribution in [3.05, 3.63) is 50.9 Å². The van der Waals surface area contributed by atoms with Crippen LogP contribution in [0.15, 0.2) is 29.8 Å². The van der Waals surface area contributed by atoms with Gasteiger partial charge in [0.05, 0.1) is 17.2 Å². The number of hydrogen-bond acceptors (Lipinski definition) is 4. The van der Waals surface area contributed by atoms with Gasteiger partial charge < -0.3 is 10.2 Å². The van der Waals surface area contributed by atoms with Crippen LogP contribution < -0.4 is 5.32 Å². The Kier molecular flexibility index (Phi) is 4.24. The highest BCUT2D eigenvalue weighted by atomic mass is 35.5. The van der Waals surface area contributed by atoms with Crippen LogP contribution in [0.4, 0.5) is 0 Å². The molecule has 1 aromatic heterocycles. The highest BCUT2D eigenvalue weighted by molar-refractivity contribution is 7.11. The average Bonchev–Trinajstić information content (AvgIpc) is 2.93. The van der Waals surface area contributed by atoms with E-state index in [2.05, 4.69) is 10.3 Å². The maximum Gasteiger partial charge on any atom is 0.266 e. The Morgan fingerprint density at radius 1 is 1.52 bits per heavy atom. The molecule has 3 rings (SSSR count). The number of halogens is 1. The third-order valence-electron chi connectivity index (χ3n) is 3.68. The molecule has 1 fully saturated rings. The minimum absolute atomic E-state index is 0.00597. The standard InChI is InChI=1S/C15H16ClN3OS/c1-10-14(21-9-18-10)15(20)19-6-5-17-8-13(19)11-3-2-4-12(16)7-11/h2-4,7,9,13,17H,5-6,8H2,1H3. The fourth-order valence-corrected chi connectivity index (χ4v) is 3.55. The maximum absolute atomic E-state index is 12.8. The molecule has 0 spiro atoms. The summed E-state index contributed by atoms with van der Waals surface area (Å²) in [6, 6.07) is 7.72. The number of nitrogens with zero attached hydrogens (tertiary/aromatic N) is 2. The van der Waals surface area contributed by atoms with E-state index in [1.165, 1.54) is 11.3 Å². The summed E-state index contributed by atoms with van der Waals surface area (Å²) in [5.41, 5.74) is 3.58. The first-order valence-corrected chi connectivity index (χ1v) is 8.10. The van der Waals surface area contributed by atoms with Crippen LogP contribution in [0.25, 0.3) is 0 Å². The molecule has 1 unspecified atom stereocenters. The SMILES string of the molecule is Cc1ncsc1C(=O)N1CCNCC1c1cccc(Cl)c1. The number of amides is 1. The second-order valence-corrected chi connectivity index (χ2v) is 6.33. The van der Waals surface area contributed by atoms with Gasteiger partial charge in [-0.3, -0.25) is 4.79 Å². The molecule has 1 atom stereocenters. The third-order valence-corrected chi connectivity index (χ3v) is 4.83. The number of aryl methyl sites for hydroxylation is 1. The van der Waals surface area contributed by atoms with Crippen molar-refractivity contribution >= 4 is 28.8 Å². The normalized spacial score (nSPS) is 18.8. The van der Waals surface area contributed by atoms with Gasteiger partial charge >= 0.3 is 0 Å². The van der Waals surface area contributed by atoms with E-state index in [1.54, 1.807) is 5.51 Å². The van der Waals surface area contributed by atoms with E-state index in [4.69, 9.17) is 11.6 Å². The van der Waals surface area contributed by atoms with Crippen LogP contribution in [0.5, 0.6) is 0 Å². The Labute approximate surface area is 132 Å². The van der Waals surface area contributed by atoms with E-state index < -0.39 is 0 Å². The van der Waals surface area contributed by atoms with Crippen LogP contribution in [0.1, 0.15) is 27.0 Å². The molecule has 1 aromatic carbocycles. The van der Waals surface area contributed by atoms with E-state index in [0.29, 0.717) is 11.6 Å². The zero-order chi connectivity index (χ0) is 14.8. The van der Waals surface area contributed by atoms with Crippen molar-refractivity contribution in [1.82, 2.24) is 15.2 Å². The smallest absolute Gasteiger partial charge is 0.266 e. The fourth-order valence-electron chi connectivity index (χ4n) is 2.60. The zero-order valence-corrected chi connectivity index (χ0v) is 13.2. The van der Waals surface area contributed by atoms with Crippen molar-refractivity contribution in [3.8, 4) is 0 Å². The Balaban J connectivity index is 1.92. The number of nitrogens with one attached hydrogen (secondary N) is 1. The quantitative estimate of drug-likeness (QED) is 0.925. The van der Waals surface area contributed by atoms with E-state index >= 15 is 0 Å². The molecule has 4 nitrogen and oxygen atoms in total. The summed E-state index contributed by atoms with van der Waals surface area (Å²) in [6.07, 6.45) is 0. The first-order chi connectivity index (χ1) is 10.2. The first kappa shape index (κ1) is 14.5. The van der Waals surface area contributed by atoms with Gasteiger partial charge in [-0.05, 0) is 24.6 Å². The molecule has 1 amide bonds. The van der Waals surface area contributed by atoms with Gasteiger partial charge in [-0.15, -0.1) is 11.3 Å². The molecule has 1 saturated heterocycles. The number of piperazine rings is 1. The molecular weight excluding hydrogens is 306 g/mol. The van der Waals surface area contributed by atoms with Gasteiger partial charge in [0.15, 0.2) is 0 Å². The van der Waals surface area contributed by atoms with Crippen molar-refractivity contribution in [3.63, 3.8) is 0 Å². The lowest BCUT2D eigenvalue weighted by Gasteiger charge is -2.36. The predicted molar refractivity (Wildman–Crippen MR) is 85.0 cm³/mol. The minimum atomic E-state index is 0.00597. The molecule has 0 saturated carbocycles. The summed E-state index contributed by atoms with van der Waals surface area (Å²) in [5.74, 6) is 0.0569. The van der Waals surface area contributed by atoms with E-state index in [0.717, 1.165) is 29.2 Å². The maximum atomic E-state index is 12.8. The summed E-state index contributed by atoms with van der Waals surface area (Å²) >= 11 is 7.49. The number of hydrogen-bond donors (Lipinski definition) is 1. The predicted octanol–water partition coefficient (Wildman–Crippen LogP) is 2.89. The van der Waals surface area contributed by atoms with Gasteiger partial charge in [0, 0.05) is 24.7 Å². The van der Waals surface area contributed by atoms with Crippen molar-refractivity contribution < 1.29 is 4.79 Å². The highest BCUT2D eigenvalue weighted by Gasteiger charge is 2.30. The molecular formula is C15H16ClN3OS. The van der Waals surface area contributed by atoms with Crippen LogP contribution in [-0.2, 0) is 0 Å². The molecule has 2 aromatic rings. The minimum Gasteiger partial charge on any atom is -0.328 e. The first-order valence-electron chi connectivity index (χ1n) is 6.84. The van der Waals surface area contributed by atoms with Gasteiger partial charge in [-0.2, -0.15) is 0 Å². The van der Waals surface area contributed by atoms with Gasteiger partial charge in [-0.1, -0.05) is 23.7 Å². The summed E-state index contributed by atoms with van der Waals surface area (Å²) < 4.78 is 0. The lowest BCUT2D eigenvalue weighted by Crippen LogP contribution is -2.48. The molecule has 0 aliphatic carbocycles. The van der Waals surface area contributed by atoms with E-state index in [1.807, 2.05) is 36.1 Å². The van der Waals surface area contributed by atoms with Crippen LogP contribution in [-0.4, -0.2) is 35.4 Å². The lowest BCUT2D eigenvalue weighted by atomic mass is 10.0. The summed E-state index contributed by atoms with van der Waals surface area (Å²) in [4.78, 5) is 19.6. The average molecular weight is 322 g/mol. The van der Waals surface area contributed by atoms with Gasteiger partial charge in [0.1, 0.15) is 4.88 Å². The number of thiazole rings is 1. The largest absolute Gasteiger partial charge is 0.328 e. The zero-order valence-electron chi connectivity index (χ0n) is 11.7. The van der Waals surface area contributed by atoms with Crippen LogP contribution in [0, 0.1) is 6.92 Å². The van der Waals surface area contributed by atoms with Crippen molar-refractivity contribution in [2.24, 2.45) is 0 Å². The van der Waals surface area contributed by atoms with Crippen molar-refractivity contribution in [1.29, 1.82) is 0 Å². The Hall–Kier alpha value is -1.43. The molecule has 2 heterocycles. The third kappa shape index (κ3) is 2.95. The molecule has 1 aliphatic rings. The second kappa shape index (κ2) is 6.13. The fraction of sp³-hybridized carbons (Fsp3) is 0.333. The molecule has 6 heteroatoms. The molecule has 110 valence electrons. The Bertz CT molecular complexity index is 658. The van der Waals surface area contributed by atoms with Gasteiger partial charge in [-0.25, -0.2) is 4.98 Å². The monoisotopic (exact) mass is 321 g/mol. The van der Waals surface area contributed by atoms with Crippen LogP contribution >= 0.6 is 22.9 Å². The number of carbonyl (C=O) groups is 1. The topological polar surface area (TPSA) is 45.2 Å². The Morgan fingerprint density at radius 2 is 2.38 bits per heavy atom. The van der Waals surface area contributed by atoms with Crippen molar-refractivity contribution in [2.45, 2.75) is 13.0 Å². The number of aromatic nitrogens is 1. The lowest BCUT2D eigenvalue weighted by molar-refractivity contribution is 0.0638. The summed E-state index contributed by atoms with van der Waals surface area (Å²) in [6.45, 7) is 4.11. The Morgan fingerprint density at radius 3 is 3.10 bits per heavy atom. The van der Waals surface area contributed by atoms with Crippen molar-refractivity contribution in [2.75, 3.05) is 19.6 Å². The molecule has 0 radical (unpaired) electrons. The number of carbonyl (C=O) groups excluding carboxylic acids is 1. The second-order valence-electron chi connectivity index (χ2n) is 5.04. The molecule has 1 aliphatic heterocycles. The summed E-state index contributed by atoms with van der Waals surface area (Å²) in [5, 5.41) is 4.04. The van der Waals surface area contributed by atoms with Crippen LogP contribution in [0.3, 0.4) is 0 Å². The van der Waals surface area contributed by atoms with Gasteiger partial charge in [0.25, 0.3) is 5.91 Å². The molecule has 1 N–H and O–H groups in total. The summed E-state index contributed by atoms with van der Waals surface area (Å²) in [7, 11) is 0. The number of rotatable bonds is 2. The number of benzene rings is 1. The van der Waals surface area contributed by atoms with E-state index in [-0.39, 0.29) is 11.9 Å².